The van der Waals surface area contributed by atoms with Crippen molar-refractivity contribution in [2.24, 2.45) is 0 Å². The summed E-state index contributed by atoms with van der Waals surface area (Å²) in [5.41, 5.74) is 1.51. The summed E-state index contributed by atoms with van der Waals surface area (Å²) in [6.45, 7) is 7.13. The van der Waals surface area contributed by atoms with Crippen molar-refractivity contribution >= 4 is 58.0 Å². The number of amides is 1. The number of fused-ring (bicyclic) bond motifs is 1. The summed E-state index contributed by atoms with van der Waals surface area (Å²) >= 11 is 2.12. The lowest BCUT2D eigenvalue weighted by atomic mass is 10.1. The molecule has 0 atom stereocenters. The second-order valence-corrected chi connectivity index (χ2v) is 10.4. The molecule has 158 valence electrons. The third-order valence-corrected chi connectivity index (χ3v) is 7.13. The average Bonchev–Trinajstić information content (AvgIpc) is 2.66. The van der Waals surface area contributed by atoms with Gasteiger partial charge in [0.25, 0.3) is 5.91 Å². The third-order valence-electron chi connectivity index (χ3n) is 4.08. The fourth-order valence-corrected chi connectivity index (χ4v) is 5.61. The van der Waals surface area contributed by atoms with Gasteiger partial charge in [0.05, 0.1) is 34.3 Å². The highest BCUT2D eigenvalue weighted by Crippen LogP contribution is 2.50. The molecule has 1 amide bonds. The number of aromatic nitrogens is 1. The number of hydrogen-bond donors (Lipinski definition) is 1. The van der Waals surface area contributed by atoms with E-state index in [0.717, 1.165) is 8.96 Å². The monoisotopic (exact) mass is 538 g/mol. The van der Waals surface area contributed by atoms with Crippen LogP contribution in [-0.4, -0.2) is 23.1 Å². The van der Waals surface area contributed by atoms with Gasteiger partial charge in [-0.25, -0.2) is 0 Å². The van der Waals surface area contributed by atoms with Gasteiger partial charge in [-0.3, -0.25) is 14.3 Å². The zero-order chi connectivity index (χ0) is 21.9. The Morgan fingerprint density at radius 1 is 1.03 bits per heavy atom. The summed E-state index contributed by atoms with van der Waals surface area (Å²) in [4.78, 5) is 17.6. The van der Waals surface area contributed by atoms with E-state index in [4.69, 9.17) is 9.05 Å². The molecule has 2 aromatic carbocycles. The molecule has 1 aromatic heterocycles. The van der Waals surface area contributed by atoms with Crippen LogP contribution in [-0.2, 0) is 13.6 Å². The zero-order valence-corrected chi connectivity index (χ0v) is 20.3. The molecule has 0 spiro atoms. The van der Waals surface area contributed by atoms with Crippen molar-refractivity contribution in [2.45, 2.75) is 39.9 Å². The van der Waals surface area contributed by atoms with Crippen molar-refractivity contribution in [3.8, 4) is 0 Å². The number of anilines is 1. The first-order chi connectivity index (χ1) is 14.2. The fourth-order valence-electron chi connectivity index (χ4n) is 3.02. The van der Waals surface area contributed by atoms with Crippen LogP contribution in [0.15, 0.2) is 54.7 Å². The van der Waals surface area contributed by atoms with E-state index in [0.29, 0.717) is 11.2 Å². The molecule has 0 unspecified atom stereocenters. The van der Waals surface area contributed by atoms with Gasteiger partial charge in [-0.1, -0.05) is 18.2 Å². The third kappa shape index (κ3) is 5.27. The smallest absolute Gasteiger partial charge is 0.320 e. The van der Waals surface area contributed by atoms with Gasteiger partial charge in [-0.2, -0.15) is 0 Å². The van der Waals surface area contributed by atoms with Crippen molar-refractivity contribution in [1.29, 1.82) is 0 Å². The minimum absolute atomic E-state index is 0.246. The predicted octanol–water partition coefficient (Wildman–Crippen LogP) is 5.76. The van der Waals surface area contributed by atoms with E-state index in [1.165, 1.54) is 0 Å². The van der Waals surface area contributed by atoms with Crippen LogP contribution in [0.5, 0.6) is 0 Å². The van der Waals surface area contributed by atoms with E-state index in [9.17, 15) is 9.36 Å². The van der Waals surface area contributed by atoms with E-state index in [2.05, 4.69) is 32.9 Å². The van der Waals surface area contributed by atoms with Gasteiger partial charge in [0.15, 0.2) is 0 Å². The van der Waals surface area contributed by atoms with Crippen LogP contribution in [0.4, 0.5) is 5.69 Å². The summed E-state index contributed by atoms with van der Waals surface area (Å²) in [7, 11) is -3.73. The number of carbonyl (C=O) groups excluding carboxylic acids is 1. The Hall–Kier alpha value is -1.80. The molecular weight excluding hydrogens is 514 g/mol. The Balaban J connectivity index is 2.06. The summed E-state index contributed by atoms with van der Waals surface area (Å²) < 4.78 is 26.0. The van der Waals surface area contributed by atoms with Gasteiger partial charge in [-0.15, -0.1) is 0 Å². The lowest BCUT2D eigenvalue weighted by Crippen LogP contribution is -2.26. The van der Waals surface area contributed by atoms with Crippen LogP contribution in [0.3, 0.4) is 0 Å². The summed E-state index contributed by atoms with van der Waals surface area (Å²) in [5, 5.41) is 4.07. The summed E-state index contributed by atoms with van der Waals surface area (Å²) in [6.07, 6.45) is 0.995. The highest BCUT2D eigenvalue weighted by atomic mass is 127. The lowest BCUT2D eigenvalue weighted by molar-refractivity contribution is 0.102. The number of carbonyl (C=O) groups is 1. The molecule has 0 fully saturated rings. The van der Waals surface area contributed by atoms with Crippen LogP contribution in [0.1, 0.15) is 38.1 Å². The molecule has 1 N–H and O–H groups in total. The molecule has 3 aromatic rings. The van der Waals surface area contributed by atoms with Gasteiger partial charge in [0.1, 0.15) is 0 Å². The van der Waals surface area contributed by atoms with Crippen LogP contribution >= 0.6 is 30.2 Å². The van der Waals surface area contributed by atoms with Crippen molar-refractivity contribution in [3.63, 3.8) is 0 Å². The molecule has 0 aliphatic carbocycles. The van der Waals surface area contributed by atoms with E-state index >= 15 is 0 Å². The summed E-state index contributed by atoms with van der Waals surface area (Å²) in [6, 6.07) is 14.4. The largest absolute Gasteiger partial charge is 0.362 e. The number of benzene rings is 2. The Bertz CT molecular complexity index is 1100. The Morgan fingerprint density at radius 3 is 2.37 bits per heavy atom. The fraction of sp³-hybridized carbons (Fsp3) is 0.273. The van der Waals surface area contributed by atoms with Crippen LogP contribution in [0, 0.1) is 3.57 Å². The lowest BCUT2D eigenvalue weighted by Gasteiger charge is -2.24. The van der Waals surface area contributed by atoms with Crippen molar-refractivity contribution < 1.29 is 18.4 Å². The molecule has 0 bridgehead atoms. The number of hydrogen-bond acceptors (Lipinski definition) is 5. The minimum atomic E-state index is -3.73. The number of nitrogens with one attached hydrogen (secondary N) is 1. The van der Waals surface area contributed by atoms with Crippen LogP contribution in [0.2, 0.25) is 0 Å². The van der Waals surface area contributed by atoms with Crippen LogP contribution < -0.4 is 10.6 Å². The first-order valence-electron chi connectivity index (χ1n) is 9.61. The molecule has 0 radical (unpaired) electrons. The second-order valence-electron chi connectivity index (χ2n) is 7.30. The van der Waals surface area contributed by atoms with Crippen molar-refractivity contribution in [1.82, 2.24) is 4.98 Å². The number of nitrogens with zero attached hydrogens (tertiary/aromatic N) is 1. The first kappa shape index (κ1) is 22.9. The highest BCUT2D eigenvalue weighted by Gasteiger charge is 2.34. The Morgan fingerprint density at radius 2 is 1.70 bits per heavy atom. The average molecular weight is 538 g/mol. The number of halogens is 1. The summed E-state index contributed by atoms with van der Waals surface area (Å²) in [5.74, 6) is -0.401. The van der Waals surface area contributed by atoms with Gasteiger partial charge >= 0.3 is 7.60 Å². The maximum absolute atomic E-state index is 13.7. The first-order valence-corrected chi connectivity index (χ1v) is 12.2. The van der Waals surface area contributed by atoms with Gasteiger partial charge in [0, 0.05) is 15.2 Å². The van der Waals surface area contributed by atoms with E-state index in [1.807, 2.05) is 24.3 Å². The maximum Gasteiger partial charge on any atom is 0.362 e. The van der Waals surface area contributed by atoms with Gasteiger partial charge in [0.2, 0.25) is 0 Å². The minimum Gasteiger partial charge on any atom is -0.320 e. The van der Waals surface area contributed by atoms with Crippen LogP contribution in [0.25, 0.3) is 10.9 Å². The molecule has 0 aliphatic heterocycles. The topological polar surface area (TPSA) is 77.5 Å². The standard InChI is InChI=1S/C22H24IN2O4P/c1-14(2)28-30(27,29-15(3)4)20-11-10-17(23)13-18(20)22(26)25-19-9-5-7-16-8-6-12-24-21(16)19/h5-15H,1-4H3,(H,25,26). The second kappa shape index (κ2) is 9.56. The highest BCUT2D eigenvalue weighted by molar-refractivity contribution is 14.1. The SMILES string of the molecule is CC(C)OP(=O)(OC(C)C)c1ccc(I)cc1C(=O)Nc1cccc2cccnc12. The molecule has 0 saturated carbocycles. The molecule has 8 heteroatoms. The van der Waals surface area contributed by atoms with E-state index in [-0.39, 0.29) is 23.1 Å². The molecule has 1 heterocycles. The quantitative estimate of drug-likeness (QED) is 0.306. The molecule has 3 rings (SSSR count). The zero-order valence-electron chi connectivity index (χ0n) is 17.3. The molecule has 0 saturated heterocycles. The molecule has 6 nitrogen and oxygen atoms in total. The van der Waals surface area contributed by atoms with Crippen molar-refractivity contribution in [3.05, 3.63) is 63.9 Å². The Kier molecular flexibility index (Phi) is 7.29. The molecular formula is C22H24IN2O4P. The van der Waals surface area contributed by atoms with Gasteiger partial charge in [-0.05, 0) is 80.6 Å². The number of para-hydroxylation sites is 1. The number of pyridine rings is 1. The number of rotatable bonds is 7. The molecule has 30 heavy (non-hydrogen) atoms. The molecule has 0 aliphatic rings. The normalized spacial score (nSPS) is 12.0. The van der Waals surface area contributed by atoms with E-state index < -0.39 is 13.5 Å². The predicted molar refractivity (Wildman–Crippen MR) is 129 cm³/mol. The van der Waals surface area contributed by atoms with Crippen molar-refractivity contribution in [2.75, 3.05) is 5.32 Å². The maximum atomic E-state index is 13.7. The Labute approximate surface area is 190 Å². The van der Waals surface area contributed by atoms with Gasteiger partial charge < -0.3 is 14.4 Å². The van der Waals surface area contributed by atoms with E-state index in [1.54, 1.807) is 58.2 Å².